The molecule has 20 heavy (non-hydrogen) atoms. The van der Waals surface area contributed by atoms with Crippen molar-refractivity contribution >= 4 is 43.7 Å². The largest absolute Gasteiger partial charge is 0.483 e. The third kappa shape index (κ3) is 4.49. The Morgan fingerprint density at radius 3 is 2.55 bits per heavy atom. The van der Waals surface area contributed by atoms with Crippen LogP contribution < -0.4 is 4.74 Å². The number of aliphatic carboxylic acids is 1. The lowest BCUT2D eigenvalue weighted by molar-refractivity contribution is -0.149. The number of carboxylic acid groups (broad SMARTS) is 1. The molecule has 0 aliphatic heterocycles. The maximum atomic E-state index is 11.9. The maximum Gasteiger partial charge on any atom is 0.326 e. The molecule has 0 heterocycles. The molecule has 7 heteroatoms. The fourth-order valence-corrected chi connectivity index (χ4v) is 2.78. The van der Waals surface area contributed by atoms with Crippen molar-refractivity contribution < 1.29 is 19.4 Å². The fraction of sp³-hybridized carbons (Fsp3) is 0.385. The molecule has 0 aliphatic carbocycles. The molecule has 1 rings (SSSR count). The van der Waals surface area contributed by atoms with Crippen LogP contribution in [0.15, 0.2) is 27.1 Å². The lowest BCUT2D eigenvalue weighted by Crippen LogP contribution is -2.44. The van der Waals surface area contributed by atoms with Gasteiger partial charge in [-0.25, -0.2) is 4.79 Å². The molecular weight excluding hydrogens is 394 g/mol. The molecule has 110 valence electrons. The van der Waals surface area contributed by atoms with Gasteiger partial charge in [0.1, 0.15) is 11.8 Å². The van der Waals surface area contributed by atoms with E-state index in [0.717, 1.165) is 4.47 Å². The Morgan fingerprint density at radius 2 is 2.05 bits per heavy atom. The van der Waals surface area contributed by atoms with Crippen LogP contribution in [0.5, 0.6) is 5.75 Å². The molecule has 0 bridgehead atoms. The van der Waals surface area contributed by atoms with Crippen LogP contribution in [0.25, 0.3) is 0 Å². The highest BCUT2D eigenvalue weighted by Crippen LogP contribution is 2.28. The van der Waals surface area contributed by atoms with E-state index in [4.69, 9.17) is 9.84 Å². The number of rotatable bonds is 6. The SMILES string of the molecule is CCC(C(=O)O)N(C)C(=O)COc1ccc(Br)cc1Br. The first-order chi connectivity index (χ1) is 9.36. The number of amides is 1. The minimum Gasteiger partial charge on any atom is -0.483 e. The number of ether oxygens (including phenoxy) is 1. The molecule has 0 aliphatic rings. The van der Waals surface area contributed by atoms with E-state index in [1.54, 1.807) is 25.1 Å². The van der Waals surface area contributed by atoms with Gasteiger partial charge in [0.15, 0.2) is 6.61 Å². The van der Waals surface area contributed by atoms with E-state index in [0.29, 0.717) is 16.6 Å². The van der Waals surface area contributed by atoms with Gasteiger partial charge in [-0.3, -0.25) is 4.79 Å². The van der Waals surface area contributed by atoms with Gasteiger partial charge in [-0.2, -0.15) is 0 Å². The normalized spacial score (nSPS) is 11.8. The van der Waals surface area contributed by atoms with E-state index >= 15 is 0 Å². The quantitative estimate of drug-likeness (QED) is 0.785. The molecule has 0 saturated heterocycles. The molecule has 1 aromatic carbocycles. The van der Waals surface area contributed by atoms with Crippen LogP contribution in [0.4, 0.5) is 0 Å². The fourth-order valence-electron chi connectivity index (χ4n) is 1.62. The number of benzene rings is 1. The second kappa shape index (κ2) is 7.64. The van der Waals surface area contributed by atoms with Crippen LogP contribution in [0.1, 0.15) is 13.3 Å². The van der Waals surface area contributed by atoms with Crippen molar-refractivity contribution in [1.82, 2.24) is 4.90 Å². The Kier molecular flexibility index (Phi) is 6.48. The zero-order chi connectivity index (χ0) is 15.3. The second-order valence-electron chi connectivity index (χ2n) is 4.13. The molecule has 0 saturated carbocycles. The van der Waals surface area contributed by atoms with E-state index in [9.17, 15) is 9.59 Å². The molecule has 5 nitrogen and oxygen atoms in total. The van der Waals surface area contributed by atoms with Gasteiger partial charge >= 0.3 is 5.97 Å². The number of hydrogen-bond donors (Lipinski definition) is 1. The monoisotopic (exact) mass is 407 g/mol. The summed E-state index contributed by atoms with van der Waals surface area (Å²) in [6.07, 6.45) is 0.347. The van der Waals surface area contributed by atoms with Crippen LogP contribution in [-0.2, 0) is 9.59 Å². The highest BCUT2D eigenvalue weighted by molar-refractivity contribution is 9.11. The zero-order valence-electron chi connectivity index (χ0n) is 11.1. The number of carbonyl (C=O) groups is 2. The number of likely N-dealkylation sites (N-methyl/N-ethyl adjacent to an activating group) is 1. The first kappa shape index (κ1) is 17.0. The van der Waals surface area contributed by atoms with Crippen molar-refractivity contribution in [1.29, 1.82) is 0 Å². The number of carbonyl (C=O) groups excluding carboxylic acids is 1. The smallest absolute Gasteiger partial charge is 0.326 e. The van der Waals surface area contributed by atoms with Gasteiger partial charge in [0.2, 0.25) is 0 Å². The second-order valence-corrected chi connectivity index (χ2v) is 5.90. The lowest BCUT2D eigenvalue weighted by atomic mass is 10.2. The van der Waals surface area contributed by atoms with Crippen LogP contribution >= 0.6 is 31.9 Å². The molecule has 0 spiro atoms. The van der Waals surface area contributed by atoms with Crippen LogP contribution in [-0.4, -0.2) is 41.6 Å². The third-order valence-electron chi connectivity index (χ3n) is 2.78. The third-order valence-corrected chi connectivity index (χ3v) is 3.89. The van der Waals surface area contributed by atoms with Gasteiger partial charge in [0.05, 0.1) is 4.47 Å². The number of halogens is 2. The van der Waals surface area contributed by atoms with Gasteiger partial charge in [-0.05, 0) is 40.5 Å². The Balaban J connectivity index is 2.65. The van der Waals surface area contributed by atoms with Gasteiger partial charge < -0.3 is 14.7 Å². The van der Waals surface area contributed by atoms with Crippen molar-refractivity contribution in [3.05, 3.63) is 27.1 Å². The summed E-state index contributed by atoms with van der Waals surface area (Å²) in [6, 6.07) is 4.48. The molecule has 1 N–H and O–H groups in total. The standard InChI is InChI=1S/C13H15Br2NO4/c1-3-10(13(18)19)16(2)12(17)7-20-11-5-4-8(14)6-9(11)15/h4-6,10H,3,7H2,1-2H3,(H,18,19). The summed E-state index contributed by atoms with van der Waals surface area (Å²) in [5.41, 5.74) is 0. The minimum atomic E-state index is -1.02. The van der Waals surface area contributed by atoms with Gasteiger partial charge in [0, 0.05) is 11.5 Å². The predicted molar refractivity (Wildman–Crippen MR) is 81.8 cm³/mol. The molecule has 1 amide bonds. The Hall–Kier alpha value is -1.08. The average Bonchev–Trinajstić information content (AvgIpc) is 2.37. The summed E-state index contributed by atoms with van der Waals surface area (Å²) in [4.78, 5) is 24.1. The number of carboxylic acids is 1. The summed E-state index contributed by atoms with van der Waals surface area (Å²) in [5.74, 6) is -0.874. The molecular formula is C13H15Br2NO4. The van der Waals surface area contributed by atoms with Crippen molar-refractivity contribution in [3.8, 4) is 5.75 Å². The summed E-state index contributed by atoms with van der Waals surface area (Å²) >= 11 is 6.64. The van der Waals surface area contributed by atoms with E-state index in [2.05, 4.69) is 31.9 Å². The maximum absolute atomic E-state index is 11.9. The van der Waals surface area contributed by atoms with Crippen molar-refractivity contribution in [2.45, 2.75) is 19.4 Å². The molecule has 1 aromatic rings. The van der Waals surface area contributed by atoms with E-state index < -0.39 is 12.0 Å². The predicted octanol–water partition coefficient (Wildman–Crippen LogP) is 2.91. The van der Waals surface area contributed by atoms with E-state index in [-0.39, 0.29) is 12.5 Å². The highest BCUT2D eigenvalue weighted by Gasteiger charge is 2.24. The Morgan fingerprint density at radius 1 is 1.40 bits per heavy atom. The zero-order valence-corrected chi connectivity index (χ0v) is 14.3. The van der Waals surface area contributed by atoms with Crippen LogP contribution in [0, 0.1) is 0 Å². The van der Waals surface area contributed by atoms with Crippen molar-refractivity contribution in [2.24, 2.45) is 0 Å². The number of hydrogen-bond acceptors (Lipinski definition) is 3. The minimum absolute atomic E-state index is 0.208. The Labute approximate surface area is 134 Å². The Bertz CT molecular complexity index is 507. The number of nitrogens with zero attached hydrogens (tertiary/aromatic N) is 1. The van der Waals surface area contributed by atoms with Gasteiger partial charge in [-0.15, -0.1) is 0 Å². The topological polar surface area (TPSA) is 66.8 Å². The average molecular weight is 409 g/mol. The highest BCUT2D eigenvalue weighted by atomic mass is 79.9. The summed E-state index contributed by atoms with van der Waals surface area (Å²) in [5, 5.41) is 9.01. The van der Waals surface area contributed by atoms with Crippen molar-refractivity contribution in [2.75, 3.05) is 13.7 Å². The van der Waals surface area contributed by atoms with E-state index in [1.807, 2.05) is 0 Å². The summed E-state index contributed by atoms with van der Waals surface area (Å²) < 4.78 is 7.00. The van der Waals surface area contributed by atoms with Gasteiger partial charge in [-0.1, -0.05) is 22.9 Å². The summed E-state index contributed by atoms with van der Waals surface area (Å²) in [6.45, 7) is 1.51. The molecule has 0 radical (unpaired) electrons. The molecule has 1 unspecified atom stereocenters. The van der Waals surface area contributed by atoms with Crippen LogP contribution in [0.2, 0.25) is 0 Å². The van der Waals surface area contributed by atoms with Crippen LogP contribution in [0.3, 0.4) is 0 Å². The van der Waals surface area contributed by atoms with Gasteiger partial charge in [0.25, 0.3) is 5.91 Å². The molecule has 1 atom stereocenters. The first-order valence-electron chi connectivity index (χ1n) is 5.93. The molecule has 0 aromatic heterocycles. The lowest BCUT2D eigenvalue weighted by Gasteiger charge is -2.23. The first-order valence-corrected chi connectivity index (χ1v) is 7.51. The molecule has 0 fully saturated rings. The van der Waals surface area contributed by atoms with Crippen molar-refractivity contribution in [3.63, 3.8) is 0 Å². The summed E-state index contributed by atoms with van der Waals surface area (Å²) in [7, 11) is 1.46. The van der Waals surface area contributed by atoms with E-state index in [1.165, 1.54) is 11.9 Å².